The van der Waals surface area contributed by atoms with Gasteiger partial charge in [0.1, 0.15) is 18.3 Å². The van der Waals surface area contributed by atoms with Gasteiger partial charge in [0.2, 0.25) is 11.7 Å². The van der Waals surface area contributed by atoms with E-state index >= 15 is 0 Å². The van der Waals surface area contributed by atoms with Crippen LogP contribution in [0.15, 0.2) is 10.6 Å². The van der Waals surface area contributed by atoms with Crippen molar-refractivity contribution >= 4 is 28.5 Å². The van der Waals surface area contributed by atoms with E-state index in [4.69, 9.17) is 0 Å². The van der Waals surface area contributed by atoms with Gasteiger partial charge in [0.25, 0.3) is 0 Å². The Balaban J connectivity index is 1.28. The molecule has 2 atom stereocenters. The number of quaternary nitrogens is 1. The molecule has 2 amide bonds. The highest BCUT2D eigenvalue weighted by molar-refractivity contribution is 8.09. The third-order valence-corrected chi connectivity index (χ3v) is 7.94. The maximum atomic E-state index is 13.1. The van der Waals surface area contributed by atoms with E-state index in [1.165, 1.54) is 18.7 Å². The molecule has 2 unspecified atom stereocenters. The molecule has 8 nitrogen and oxygen atoms in total. The SMILES string of the molecule is Cc1c(C2=CCC(C(=O)N3CCCC([NH2+]C(=O)CN4CCN(C)CC4)C3)S2)noc1C(F)(F)F. The lowest BCUT2D eigenvalue weighted by molar-refractivity contribution is -0.608. The average Bonchev–Trinajstić information content (AvgIpc) is 3.41. The lowest BCUT2D eigenvalue weighted by Gasteiger charge is -2.33. The van der Waals surface area contributed by atoms with Crippen LogP contribution in [0.3, 0.4) is 0 Å². The lowest BCUT2D eigenvalue weighted by Crippen LogP contribution is -2.96. The van der Waals surface area contributed by atoms with E-state index in [0.29, 0.717) is 31.0 Å². The summed E-state index contributed by atoms with van der Waals surface area (Å²) in [7, 11) is 2.08. The fraction of sp³-hybridized carbons (Fsp3) is 0.682. The van der Waals surface area contributed by atoms with Gasteiger partial charge in [-0.2, -0.15) is 13.2 Å². The van der Waals surface area contributed by atoms with E-state index in [9.17, 15) is 22.8 Å². The van der Waals surface area contributed by atoms with E-state index in [1.807, 2.05) is 0 Å². The summed E-state index contributed by atoms with van der Waals surface area (Å²) in [6.45, 7) is 6.56. The number of carbonyl (C=O) groups excluding carboxylic acids is 2. The van der Waals surface area contributed by atoms with Gasteiger partial charge in [0, 0.05) is 49.6 Å². The number of piperidine rings is 1. The quantitative estimate of drug-likeness (QED) is 0.647. The van der Waals surface area contributed by atoms with E-state index in [2.05, 4.69) is 26.5 Å². The largest absolute Gasteiger partial charge is 0.452 e. The minimum Gasteiger partial charge on any atom is -0.351 e. The number of primary amides is 1. The second kappa shape index (κ2) is 10.4. The first-order chi connectivity index (χ1) is 16.1. The maximum Gasteiger partial charge on any atom is 0.452 e. The van der Waals surface area contributed by atoms with Gasteiger partial charge >= 0.3 is 12.1 Å². The van der Waals surface area contributed by atoms with Crippen molar-refractivity contribution in [1.82, 2.24) is 19.9 Å². The number of rotatable bonds is 5. The zero-order chi connectivity index (χ0) is 24.5. The fourth-order valence-electron chi connectivity index (χ4n) is 4.69. The molecular weight excluding hydrogens is 471 g/mol. The number of piperazine rings is 1. The summed E-state index contributed by atoms with van der Waals surface area (Å²) in [6.07, 6.45) is -0.720. The predicted molar refractivity (Wildman–Crippen MR) is 121 cm³/mol. The molecule has 3 aliphatic heterocycles. The molecule has 0 spiro atoms. The number of hydrogen-bond donors (Lipinski definition) is 1. The van der Waals surface area contributed by atoms with Gasteiger partial charge in [-0.25, -0.2) is 4.79 Å². The highest BCUT2D eigenvalue weighted by atomic mass is 32.2. The molecule has 0 aliphatic carbocycles. The van der Waals surface area contributed by atoms with Crippen LogP contribution in [-0.2, 0) is 15.8 Å². The monoisotopic (exact) mass is 502 g/mol. The number of amides is 2. The second-order valence-electron chi connectivity index (χ2n) is 9.29. The molecule has 0 radical (unpaired) electrons. The highest BCUT2D eigenvalue weighted by Crippen LogP contribution is 2.43. The summed E-state index contributed by atoms with van der Waals surface area (Å²) in [5, 5.41) is 4.98. The standard InChI is InChI=1S/C22H30F3N5O3S/c1-14-19(27-33-20(14)22(23,24)25)16-5-6-17(34-16)21(32)30-7-3-4-15(12-30)26-18(31)13-29-10-8-28(2)9-11-29/h5,15,17H,3-4,6-13H2,1-2H3,(H,26,31)/p+1. The van der Waals surface area contributed by atoms with Gasteiger partial charge < -0.3 is 14.3 Å². The topological polar surface area (TPSA) is 86.5 Å². The number of allylic oxidation sites excluding steroid dienone is 1. The van der Waals surface area contributed by atoms with Gasteiger partial charge in [0.15, 0.2) is 0 Å². The summed E-state index contributed by atoms with van der Waals surface area (Å²) in [5.41, 5.74) is 0.0813. The zero-order valence-electron chi connectivity index (χ0n) is 19.4. The van der Waals surface area contributed by atoms with Crippen LogP contribution in [0.5, 0.6) is 0 Å². The van der Waals surface area contributed by atoms with Crippen LogP contribution in [0.1, 0.15) is 36.3 Å². The number of aromatic nitrogens is 1. The summed E-state index contributed by atoms with van der Waals surface area (Å²) in [5.74, 6) is -1.04. The van der Waals surface area contributed by atoms with Crippen molar-refractivity contribution in [2.45, 2.75) is 43.7 Å². The Morgan fingerprint density at radius 1 is 1.24 bits per heavy atom. The molecule has 4 heterocycles. The van der Waals surface area contributed by atoms with Crippen LogP contribution < -0.4 is 5.32 Å². The molecule has 0 saturated carbocycles. The van der Waals surface area contributed by atoms with Gasteiger partial charge in [-0.1, -0.05) is 11.2 Å². The van der Waals surface area contributed by atoms with Crippen LogP contribution in [0.2, 0.25) is 0 Å². The molecule has 2 saturated heterocycles. The number of nitrogens with zero attached hydrogens (tertiary/aromatic N) is 4. The Hall–Kier alpha value is -1.89. The number of halogens is 3. The molecule has 3 aliphatic rings. The molecule has 188 valence electrons. The van der Waals surface area contributed by atoms with Gasteiger partial charge in [-0.3, -0.25) is 15.0 Å². The highest BCUT2D eigenvalue weighted by Gasteiger charge is 2.41. The van der Waals surface area contributed by atoms with E-state index < -0.39 is 17.2 Å². The smallest absolute Gasteiger partial charge is 0.351 e. The normalized spacial score (nSPS) is 25.0. The summed E-state index contributed by atoms with van der Waals surface area (Å²) in [4.78, 5) is 32.5. The van der Waals surface area contributed by atoms with Gasteiger partial charge in [0.05, 0.1) is 11.8 Å². The molecule has 12 heteroatoms. The molecule has 34 heavy (non-hydrogen) atoms. The minimum atomic E-state index is -4.60. The molecular formula is C22H31F3N5O3S+. The number of hydrogen-bond acceptors (Lipinski definition) is 7. The van der Waals surface area contributed by atoms with Gasteiger partial charge in [-0.15, -0.1) is 11.8 Å². The minimum absolute atomic E-state index is 0.0311. The van der Waals surface area contributed by atoms with Crippen molar-refractivity contribution in [3.8, 4) is 0 Å². The predicted octanol–water partition coefficient (Wildman–Crippen LogP) is 1.18. The first-order valence-electron chi connectivity index (χ1n) is 11.6. The van der Waals surface area contributed by atoms with Crippen LogP contribution in [-0.4, -0.2) is 95.8 Å². The third kappa shape index (κ3) is 5.84. The number of alkyl halides is 3. The Morgan fingerprint density at radius 2 is 1.97 bits per heavy atom. The van der Waals surface area contributed by atoms with Crippen LogP contribution in [0, 0.1) is 6.92 Å². The number of carbonyl (C=O) groups is 2. The van der Waals surface area contributed by atoms with Crippen molar-refractivity contribution in [2.24, 2.45) is 0 Å². The zero-order valence-corrected chi connectivity index (χ0v) is 20.3. The first-order valence-corrected chi connectivity index (χ1v) is 12.5. The van der Waals surface area contributed by atoms with Crippen molar-refractivity contribution in [2.75, 3.05) is 52.9 Å². The Labute approximate surface area is 200 Å². The lowest BCUT2D eigenvalue weighted by atomic mass is 10.0. The molecule has 4 rings (SSSR count). The molecule has 1 aromatic rings. The average molecular weight is 503 g/mol. The number of nitrogens with two attached hydrogens (primary N) is 1. The second-order valence-corrected chi connectivity index (χ2v) is 10.5. The van der Waals surface area contributed by atoms with E-state index in [0.717, 1.165) is 39.0 Å². The van der Waals surface area contributed by atoms with Crippen LogP contribution in [0.25, 0.3) is 4.91 Å². The van der Waals surface area contributed by atoms with E-state index in [1.54, 1.807) is 16.3 Å². The number of thioether (sulfide) groups is 1. The van der Waals surface area contributed by atoms with Crippen molar-refractivity contribution in [3.05, 3.63) is 23.1 Å². The molecule has 2 fully saturated rings. The Bertz CT molecular complexity index is 943. The Kier molecular flexibility index (Phi) is 7.70. The first kappa shape index (κ1) is 25.2. The van der Waals surface area contributed by atoms with Crippen molar-refractivity contribution < 1.29 is 32.6 Å². The molecule has 0 bridgehead atoms. The fourth-order valence-corrected chi connectivity index (χ4v) is 5.93. The third-order valence-electron chi connectivity index (χ3n) is 6.64. The summed E-state index contributed by atoms with van der Waals surface area (Å²) >= 11 is 1.23. The maximum absolute atomic E-state index is 13.1. The number of likely N-dealkylation sites (N-methyl/N-ethyl adjacent to an activating group) is 1. The molecule has 0 aromatic carbocycles. The summed E-state index contributed by atoms with van der Waals surface area (Å²) < 4.78 is 43.6. The van der Waals surface area contributed by atoms with Gasteiger partial charge in [-0.05, 0) is 26.8 Å². The van der Waals surface area contributed by atoms with E-state index in [-0.39, 0.29) is 29.1 Å². The number of likely N-dealkylation sites (tertiary alicyclic amines) is 1. The van der Waals surface area contributed by atoms with Crippen LogP contribution in [0.4, 0.5) is 13.2 Å². The molecule has 1 aromatic heterocycles. The van der Waals surface area contributed by atoms with Crippen molar-refractivity contribution in [1.29, 1.82) is 0 Å². The van der Waals surface area contributed by atoms with Crippen LogP contribution >= 0.6 is 11.8 Å². The van der Waals surface area contributed by atoms with Crippen molar-refractivity contribution in [3.63, 3.8) is 0 Å². The Morgan fingerprint density at radius 3 is 2.65 bits per heavy atom. The molecule has 2 N–H and O–H groups in total. The summed E-state index contributed by atoms with van der Waals surface area (Å²) in [6, 6.07) is 0.0311.